The second-order valence-corrected chi connectivity index (χ2v) is 4.89. The SMILES string of the molecule is CCc1nc(C)cc(N[C@H](Cc2ccccc2)C(=O)O)n1. The van der Waals surface area contributed by atoms with Crippen molar-refractivity contribution in [2.24, 2.45) is 0 Å². The van der Waals surface area contributed by atoms with Gasteiger partial charge < -0.3 is 10.4 Å². The lowest BCUT2D eigenvalue weighted by molar-refractivity contribution is -0.137. The van der Waals surface area contributed by atoms with Gasteiger partial charge in [0, 0.05) is 24.6 Å². The summed E-state index contributed by atoms with van der Waals surface area (Å²) in [5, 5.41) is 12.4. The molecule has 0 saturated carbocycles. The highest BCUT2D eigenvalue weighted by atomic mass is 16.4. The smallest absolute Gasteiger partial charge is 0.326 e. The average Bonchev–Trinajstić information content (AvgIpc) is 2.47. The number of nitrogens with one attached hydrogen (secondary N) is 1. The first-order valence-electron chi connectivity index (χ1n) is 6.96. The third-order valence-corrected chi connectivity index (χ3v) is 3.12. The lowest BCUT2D eigenvalue weighted by atomic mass is 10.1. The number of nitrogens with zero attached hydrogens (tertiary/aromatic N) is 2. The minimum absolute atomic E-state index is 0.403. The Balaban J connectivity index is 2.16. The Bertz CT molecular complexity index is 614. The highest BCUT2D eigenvalue weighted by molar-refractivity contribution is 5.77. The number of hydrogen-bond donors (Lipinski definition) is 2. The van der Waals surface area contributed by atoms with E-state index in [9.17, 15) is 9.90 Å². The predicted molar refractivity (Wildman–Crippen MR) is 81.3 cm³/mol. The van der Waals surface area contributed by atoms with Crippen LogP contribution in [-0.2, 0) is 17.6 Å². The van der Waals surface area contributed by atoms with Gasteiger partial charge in [-0.2, -0.15) is 0 Å². The summed E-state index contributed by atoms with van der Waals surface area (Å²) in [5.74, 6) is 0.372. The third-order valence-electron chi connectivity index (χ3n) is 3.12. The van der Waals surface area contributed by atoms with Crippen LogP contribution >= 0.6 is 0 Å². The summed E-state index contributed by atoms with van der Waals surface area (Å²) in [6.07, 6.45) is 1.12. The molecule has 0 spiro atoms. The first-order chi connectivity index (χ1) is 10.1. The van der Waals surface area contributed by atoms with Gasteiger partial charge in [-0.3, -0.25) is 0 Å². The van der Waals surface area contributed by atoms with E-state index in [1.54, 1.807) is 6.07 Å². The minimum Gasteiger partial charge on any atom is -0.480 e. The van der Waals surface area contributed by atoms with E-state index in [2.05, 4.69) is 15.3 Å². The average molecular weight is 285 g/mol. The van der Waals surface area contributed by atoms with Crippen LogP contribution in [0.4, 0.5) is 5.82 Å². The molecule has 21 heavy (non-hydrogen) atoms. The number of aromatic nitrogens is 2. The maximum Gasteiger partial charge on any atom is 0.326 e. The Labute approximate surface area is 124 Å². The summed E-state index contributed by atoms with van der Waals surface area (Å²) in [6, 6.07) is 10.6. The number of aliphatic carboxylic acids is 1. The van der Waals surface area contributed by atoms with Crippen LogP contribution in [0.3, 0.4) is 0 Å². The van der Waals surface area contributed by atoms with Crippen LogP contribution in [0.15, 0.2) is 36.4 Å². The van der Waals surface area contributed by atoms with E-state index in [0.717, 1.165) is 11.3 Å². The molecule has 0 aliphatic carbocycles. The highest BCUT2D eigenvalue weighted by Crippen LogP contribution is 2.11. The van der Waals surface area contributed by atoms with E-state index in [0.29, 0.717) is 24.5 Å². The molecular weight excluding hydrogens is 266 g/mol. The lowest BCUT2D eigenvalue weighted by Crippen LogP contribution is -2.32. The number of benzene rings is 1. The Kier molecular flexibility index (Phi) is 4.87. The molecule has 1 atom stereocenters. The molecule has 110 valence electrons. The van der Waals surface area contributed by atoms with Gasteiger partial charge in [0.2, 0.25) is 0 Å². The van der Waals surface area contributed by atoms with Gasteiger partial charge in [-0.1, -0.05) is 37.3 Å². The summed E-state index contributed by atoms with van der Waals surface area (Å²) < 4.78 is 0. The van der Waals surface area contributed by atoms with Crippen LogP contribution in [0.25, 0.3) is 0 Å². The van der Waals surface area contributed by atoms with Crippen molar-refractivity contribution in [2.75, 3.05) is 5.32 Å². The molecule has 2 N–H and O–H groups in total. The van der Waals surface area contributed by atoms with Crippen molar-refractivity contribution in [3.05, 3.63) is 53.5 Å². The third kappa shape index (κ3) is 4.27. The molecule has 5 nitrogen and oxygen atoms in total. The Morgan fingerprint density at radius 2 is 2.00 bits per heavy atom. The molecule has 1 aromatic heterocycles. The van der Waals surface area contributed by atoms with Crippen LogP contribution in [0, 0.1) is 6.92 Å². The number of hydrogen-bond acceptors (Lipinski definition) is 4. The molecule has 0 radical (unpaired) electrons. The lowest BCUT2D eigenvalue weighted by Gasteiger charge is -2.16. The van der Waals surface area contributed by atoms with Crippen molar-refractivity contribution >= 4 is 11.8 Å². The topological polar surface area (TPSA) is 75.1 Å². The van der Waals surface area contributed by atoms with Gasteiger partial charge in [-0.15, -0.1) is 0 Å². The molecule has 0 bridgehead atoms. The zero-order valence-corrected chi connectivity index (χ0v) is 12.2. The second-order valence-electron chi connectivity index (χ2n) is 4.89. The maximum absolute atomic E-state index is 11.4. The van der Waals surface area contributed by atoms with Crippen LogP contribution in [0.2, 0.25) is 0 Å². The van der Waals surface area contributed by atoms with Crippen LogP contribution in [-0.4, -0.2) is 27.1 Å². The monoisotopic (exact) mass is 285 g/mol. The maximum atomic E-state index is 11.4. The van der Waals surface area contributed by atoms with Crippen LogP contribution in [0.1, 0.15) is 24.0 Å². The summed E-state index contributed by atoms with van der Waals surface area (Å²) in [7, 11) is 0. The van der Waals surface area contributed by atoms with Gasteiger partial charge >= 0.3 is 5.97 Å². The number of anilines is 1. The largest absolute Gasteiger partial charge is 0.480 e. The Morgan fingerprint density at radius 1 is 1.29 bits per heavy atom. The fraction of sp³-hybridized carbons (Fsp3) is 0.312. The van der Waals surface area contributed by atoms with Crippen molar-refractivity contribution in [3.63, 3.8) is 0 Å². The van der Waals surface area contributed by atoms with E-state index >= 15 is 0 Å². The van der Waals surface area contributed by atoms with Crippen LogP contribution in [0.5, 0.6) is 0 Å². The van der Waals surface area contributed by atoms with E-state index in [1.165, 1.54) is 0 Å². The summed E-state index contributed by atoms with van der Waals surface area (Å²) in [5.41, 5.74) is 1.80. The molecule has 0 amide bonds. The summed E-state index contributed by atoms with van der Waals surface area (Å²) in [6.45, 7) is 3.84. The zero-order valence-electron chi connectivity index (χ0n) is 12.2. The van der Waals surface area contributed by atoms with Gasteiger partial charge in [-0.25, -0.2) is 14.8 Å². The van der Waals surface area contributed by atoms with Gasteiger partial charge in [0.05, 0.1) is 0 Å². The number of aryl methyl sites for hydroxylation is 2. The summed E-state index contributed by atoms with van der Waals surface area (Å²) >= 11 is 0. The van der Waals surface area contributed by atoms with E-state index in [4.69, 9.17) is 0 Å². The fourth-order valence-corrected chi connectivity index (χ4v) is 2.09. The molecule has 1 aromatic carbocycles. The van der Waals surface area contributed by atoms with Crippen molar-refractivity contribution in [1.29, 1.82) is 0 Å². The highest BCUT2D eigenvalue weighted by Gasteiger charge is 2.18. The van der Waals surface area contributed by atoms with E-state index in [1.807, 2.05) is 44.2 Å². The number of rotatable bonds is 6. The van der Waals surface area contributed by atoms with Gasteiger partial charge in [-0.05, 0) is 12.5 Å². The van der Waals surface area contributed by atoms with Gasteiger partial charge in [0.15, 0.2) is 0 Å². The fourth-order valence-electron chi connectivity index (χ4n) is 2.09. The van der Waals surface area contributed by atoms with Crippen LogP contribution < -0.4 is 5.32 Å². The predicted octanol–water partition coefficient (Wildman–Crippen LogP) is 2.46. The zero-order chi connectivity index (χ0) is 15.2. The Hall–Kier alpha value is -2.43. The van der Waals surface area contributed by atoms with Crippen molar-refractivity contribution in [1.82, 2.24) is 9.97 Å². The molecule has 2 rings (SSSR count). The molecule has 0 saturated heterocycles. The molecule has 0 fully saturated rings. The number of carboxylic acid groups (broad SMARTS) is 1. The first kappa shape index (κ1) is 15.0. The van der Waals surface area contributed by atoms with E-state index < -0.39 is 12.0 Å². The van der Waals surface area contributed by atoms with Crippen molar-refractivity contribution in [2.45, 2.75) is 32.7 Å². The van der Waals surface area contributed by atoms with Crippen molar-refractivity contribution < 1.29 is 9.90 Å². The second kappa shape index (κ2) is 6.83. The molecule has 5 heteroatoms. The summed E-state index contributed by atoms with van der Waals surface area (Å²) in [4.78, 5) is 20.1. The molecule has 2 aromatic rings. The van der Waals surface area contributed by atoms with Crippen molar-refractivity contribution in [3.8, 4) is 0 Å². The van der Waals surface area contributed by atoms with Gasteiger partial charge in [0.25, 0.3) is 0 Å². The quantitative estimate of drug-likeness (QED) is 0.852. The molecule has 0 aliphatic heterocycles. The molecule has 1 heterocycles. The number of carboxylic acids is 1. The number of carbonyl (C=O) groups is 1. The molecular formula is C16H19N3O2. The molecule has 0 unspecified atom stereocenters. The normalized spacial score (nSPS) is 11.9. The first-order valence-corrected chi connectivity index (χ1v) is 6.96. The van der Waals surface area contributed by atoms with Gasteiger partial charge in [0.1, 0.15) is 17.7 Å². The Morgan fingerprint density at radius 3 is 2.62 bits per heavy atom. The van der Waals surface area contributed by atoms with E-state index in [-0.39, 0.29) is 0 Å². The molecule has 0 aliphatic rings. The minimum atomic E-state index is -0.895. The standard InChI is InChI=1S/C16H19N3O2/c1-3-14-17-11(2)9-15(19-14)18-13(16(20)21)10-12-7-5-4-6-8-12/h4-9,13H,3,10H2,1-2H3,(H,20,21)(H,17,18,19)/t13-/m1/s1.